The van der Waals surface area contributed by atoms with Gasteiger partial charge in [0.2, 0.25) is 0 Å². The van der Waals surface area contributed by atoms with Gasteiger partial charge in [-0.1, -0.05) is 38.5 Å². The Kier molecular flexibility index (Phi) is 13.0. The summed E-state index contributed by atoms with van der Waals surface area (Å²) >= 11 is 0. The lowest BCUT2D eigenvalue weighted by atomic mass is 10.1. The molecule has 0 bridgehead atoms. The van der Waals surface area contributed by atoms with Crippen LogP contribution in [0, 0.1) is 0 Å². The monoisotopic (exact) mass is 320 g/mol. The van der Waals surface area contributed by atoms with Crippen molar-refractivity contribution in [2.24, 2.45) is 0 Å². The number of carbonyl (C=O) groups is 1. The molecule has 0 atom stereocenters. The first-order valence-electron chi connectivity index (χ1n) is 7.86. The molecule has 0 N–H and O–H groups in total. The van der Waals surface area contributed by atoms with E-state index in [-0.39, 0.29) is 5.97 Å². The van der Waals surface area contributed by atoms with Crippen molar-refractivity contribution >= 4 is 14.8 Å². The second-order valence-corrected chi connectivity index (χ2v) is 8.29. The summed E-state index contributed by atoms with van der Waals surface area (Å²) in [6.07, 6.45) is 9.80. The van der Waals surface area contributed by atoms with Gasteiger partial charge in [-0.15, -0.1) is 0 Å². The SMILES string of the molecule is COC(=O)CCCCCCCCCC[Si](OC)(OC)OC. The molecule has 126 valence electrons. The van der Waals surface area contributed by atoms with E-state index in [0.717, 1.165) is 25.3 Å². The lowest BCUT2D eigenvalue weighted by molar-refractivity contribution is -0.140. The Morgan fingerprint density at radius 3 is 1.57 bits per heavy atom. The smallest absolute Gasteiger partial charge is 0.469 e. The minimum absolute atomic E-state index is 0.0999. The Morgan fingerprint density at radius 2 is 1.14 bits per heavy atom. The van der Waals surface area contributed by atoms with Gasteiger partial charge in [-0.05, 0) is 12.8 Å². The Hall–Kier alpha value is -0.433. The highest BCUT2D eigenvalue weighted by Gasteiger charge is 2.36. The van der Waals surface area contributed by atoms with Gasteiger partial charge in [0.15, 0.2) is 0 Å². The molecule has 0 saturated heterocycles. The zero-order valence-electron chi connectivity index (χ0n) is 14.1. The van der Waals surface area contributed by atoms with Crippen molar-refractivity contribution in [1.82, 2.24) is 0 Å². The molecule has 5 nitrogen and oxygen atoms in total. The first kappa shape index (κ1) is 20.6. The number of ether oxygens (including phenoxy) is 1. The maximum Gasteiger partial charge on any atom is 0.500 e. The quantitative estimate of drug-likeness (QED) is 0.278. The van der Waals surface area contributed by atoms with Crippen LogP contribution in [0.1, 0.15) is 57.8 Å². The molecule has 0 aromatic carbocycles. The topological polar surface area (TPSA) is 54.0 Å². The third-order valence-electron chi connectivity index (χ3n) is 3.77. The standard InChI is InChI=1S/C15H32O5Si/c1-17-15(16)13-11-9-7-5-6-8-10-12-14-21(18-2,19-3)20-4/h5-14H2,1-4H3. The van der Waals surface area contributed by atoms with E-state index in [1.807, 2.05) is 0 Å². The van der Waals surface area contributed by atoms with Crippen LogP contribution in [0.4, 0.5) is 0 Å². The Balaban J connectivity index is 3.38. The van der Waals surface area contributed by atoms with Gasteiger partial charge in [-0.3, -0.25) is 4.79 Å². The molecule has 0 aliphatic rings. The maximum absolute atomic E-state index is 10.9. The highest BCUT2D eigenvalue weighted by molar-refractivity contribution is 6.60. The first-order valence-corrected chi connectivity index (χ1v) is 9.79. The highest BCUT2D eigenvalue weighted by Crippen LogP contribution is 2.18. The van der Waals surface area contributed by atoms with Gasteiger partial charge in [0.1, 0.15) is 0 Å². The zero-order valence-corrected chi connectivity index (χ0v) is 15.1. The van der Waals surface area contributed by atoms with Crippen molar-refractivity contribution in [2.45, 2.75) is 63.8 Å². The normalized spacial score (nSPS) is 11.6. The van der Waals surface area contributed by atoms with E-state index in [4.69, 9.17) is 13.3 Å². The Morgan fingerprint density at radius 1 is 0.714 bits per heavy atom. The van der Waals surface area contributed by atoms with Crippen LogP contribution in [0.5, 0.6) is 0 Å². The van der Waals surface area contributed by atoms with Crippen LogP contribution in [0.15, 0.2) is 0 Å². The van der Waals surface area contributed by atoms with Crippen LogP contribution < -0.4 is 0 Å². The van der Waals surface area contributed by atoms with Gasteiger partial charge in [0.05, 0.1) is 7.11 Å². The second kappa shape index (κ2) is 13.2. The summed E-state index contributed by atoms with van der Waals surface area (Å²) in [5.74, 6) is -0.0999. The molecule has 0 saturated carbocycles. The molecule has 0 radical (unpaired) electrons. The molecule has 0 heterocycles. The summed E-state index contributed by atoms with van der Waals surface area (Å²) in [4.78, 5) is 10.9. The summed E-state index contributed by atoms with van der Waals surface area (Å²) in [6.45, 7) is 0. The molecule has 0 aromatic rings. The van der Waals surface area contributed by atoms with E-state index >= 15 is 0 Å². The van der Waals surface area contributed by atoms with Crippen LogP contribution in [0.25, 0.3) is 0 Å². The fraction of sp³-hybridized carbons (Fsp3) is 0.933. The molecule has 0 aliphatic carbocycles. The fourth-order valence-electron chi connectivity index (χ4n) is 2.33. The van der Waals surface area contributed by atoms with Crippen LogP contribution in [0.3, 0.4) is 0 Å². The summed E-state index contributed by atoms with van der Waals surface area (Å²) in [5, 5.41) is 0. The summed E-state index contributed by atoms with van der Waals surface area (Å²) in [7, 11) is 4.06. The van der Waals surface area contributed by atoms with E-state index in [9.17, 15) is 4.79 Å². The third-order valence-corrected chi connectivity index (χ3v) is 6.61. The van der Waals surface area contributed by atoms with Crippen molar-refractivity contribution in [2.75, 3.05) is 28.4 Å². The Labute approximate surface area is 130 Å². The second-order valence-electron chi connectivity index (χ2n) is 5.20. The molecule has 6 heteroatoms. The van der Waals surface area contributed by atoms with Crippen LogP contribution in [-0.4, -0.2) is 43.2 Å². The highest BCUT2D eigenvalue weighted by atomic mass is 28.4. The van der Waals surface area contributed by atoms with Gasteiger partial charge < -0.3 is 18.0 Å². The number of hydrogen-bond donors (Lipinski definition) is 0. The van der Waals surface area contributed by atoms with Crippen molar-refractivity contribution in [3.05, 3.63) is 0 Å². The minimum Gasteiger partial charge on any atom is -0.469 e. The van der Waals surface area contributed by atoms with Crippen molar-refractivity contribution in [1.29, 1.82) is 0 Å². The van der Waals surface area contributed by atoms with Crippen LogP contribution >= 0.6 is 0 Å². The summed E-state index contributed by atoms with van der Waals surface area (Å²) < 4.78 is 20.8. The number of unbranched alkanes of at least 4 members (excludes halogenated alkanes) is 7. The molecule has 0 aliphatic heterocycles. The van der Waals surface area contributed by atoms with E-state index in [0.29, 0.717) is 6.42 Å². The van der Waals surface area contributed by atoms with E-state index in [1.165, 1.54) is 39.2 Å². The number of hydrogen-bond acceptors (Lipinski definition) is 5. The van der Waals surface area contributed by atoms with E-state index in [1.54, 1.807) is 21.3 Å². The molecule has 0 spiro atoms. The van der Waals surface area contributed by atoms with Gasteiger partial charge in [0, 0.05) is 33.8 Å². The lowest BCUT2D eigenvalue weighted by Gasteiger charge is -2.24. The van der Waals surface area contributed by atoms with Crippen molar-refractivity contribution in [3.63, 3.8) is 0 Å². The summed E-state index contributed by atoms with van der Waals surface area (Å²) in [6, 6.07) is 0.885. The molecule has 0 amide bonds. The predicted molar refractivity (Wildman–Crippen MR) is 85.2 cm³/mol. The molecular formula is C15H32O5Si. The largest absolute Gasteiger partial charge is 0.500 e. The number of methoxy groups -OCH3 is 1. The van der Waals surface area contributed by atoms with Gasteiger partial charge in [-0.25, -0.2) is 0 Å². The van der Waals surface area contributed by atoms with E-state index < -0.39 is 8.80 Å². The predicted octanol–water partition coefficient (Wildman–Crippen LogP) is 3.55. The minimum atomic E-state index is -2.36. The molecule has 0 unspecified atom stereocenters. The number of rotatable bonds is 14. The van der Waals surface area contributed by atoms with Crippen LogP contribution in [0.2, 0.25) is 6.04 Å². The average molecular weight is 321 g/mol. The van der Waals surface area contributed by atoms with Crippen LogP contribution in [-0.2, 0) is 22.8 Å². The fourth-order valence-corrected chi connectivity index (χ4v) is 4.13. The molecular weight excluding hydrogens is 288 g/mol. The maximum atomic E-state index is 10.9. The third kappa shape index (κ3) is 10.0. The molecule has 0 aromatic heterocycles. The van der Waals surface area contributed by atoms with Gasteiger partial charge in [-0.2, -0.15) is 0 Å². The zero-order chi connectivity index (χ0) is 16.0. The number of esters is 1. The lowest BCUT2D eigenvalue weighted by Crippen LogP contribution is -2.42. The molecule has 0 fully saturated rings. The molecule has 21 heavy (non-hydrogen) atoms. The average Bonchev–Trinajstić information content (AvgIpc) is 2.53. The van der Waals surface area contributed by atoms with Gasteiger partial charge in [0.25, 0.3) is 0 Å². The van der Waals surface area contributed by atoms with Crippen molar-refractivity contribution < 1.29 is 22.8 Å². The number of carbonyl (C=O) groups excluding carboxylic acids is 1. The van der Waals surface area contributed by atoms with Crippen molar-refractivity contribution in [3.8, 4) is 0 Å². The van der Waals surface area contributed by atoms with E-state index in [2.05, 4.69) is 4.74 Å². The van der Waals surface area contributed by atoms with Gasteiger partial charge >= 0.3 is 14.8 Å². The molecule has 0 rings (SSSR count). The Bertz CT molecular complexity index is 248. The summed E-state index contributed by atoms with van der Waals surface area (Å²) in [5.41, 5.74) is 0. The first-order chi connectivity index (χ1) is 10.1.